The van der Waals surface area contributed by atoms with E-state index in [-0.39, 0.29) is 0 Å². The van der Waals surface area contributed by atoms with Crippen molar-refractivity contribution in [1.29, 1.82) is 0 Å². The summed E-state index contributed by atoms with van der Waals surface area (Å²) in [4.78, 5) is 8.39. The molecule has 2 aromatic heterocycles. The summed E-state index contributed by atoms with van der Waals surface area (Å²) in [7, 11) is 0. The van der Waals surface area contributed by atoms with Gasteiger partial charge in [0.15, 0.2) is 11.6 Å². The Balaban J connectivity index is 1.97. The second-order valence-electron chi connectivity index (χ2n) is 4.13. The zero-order valence-corrected chi connectivity index (χ0v) is 10.7. The molecule has 4 heteroatoms. The number of hydrogen-bond donors (Lipinski definition) is 0. The Kier molecular flexibility index (Phi) is 3.55. The summed E-state index contributed by atoms with van der Waals surface area (Å²) >= 11 is 0. The fourth-order valence-corrected chi connectivity index (χ4v) is 1.83. The minimum atomic E-state index is 0.567. The molecule has 0 radical (unpaired) electrons. The summed E-state index contributed by atoms with van der Waals surface area (Å²) < 4.78 is 0. The van der Waals surface area contributed by atoms with Crippen LogP contribution >= 0.6 is 0 Å². The van der Waals surface area contributed by atoms with Crippen molar-refractivity contribution in [3.8, 4) is 11.1 Å². The first-order valence-electron chi connectivity index (χ1n) is 6.27. The van der Waals surface area contributed by atoms with Gasteiger partial charge in [-0.2, -0.15) is 0 Å². The zero-order chi connectivity index (χ0) is 13.6. The van der Waals surface area contributed by atoms with Gasteiger partial charge in [-0.15, -0.1) is 10.2 Å². The molecule has 2 heterocycles. The highest BCUT2D eigenvalue weighted by Crippen LogP contribution is 2.28. The van der Waals surface area contributed by atoms with E-state index in [4.69, 9.17) is 0 Å². The lowest BCUT2D eigenvalue weighted by molar-refractivity contribution is 1.11. The second-order valence-corrected chi connectivity index (χ2v) is 4.13. The lowest BCUT2D eigenvalue weighted by Gasteiger charge is -2.03. The topological polar surface area (TPSA) is 50.5 Å². The summed E-state index contributed by atoms with van der Waals surface area (Å²) in [5, 5.41) is 8.32. The van der Waals surface area contributed by atoms with Crippen LogP contribution in [-0.2, 0) is 0 Å². The van der Waals surface area contributed by atoms with Gasteiger partial charge in [0.25, 0.3) is 0 Å². The van der Waals surface area contributed by atoms with Crippen molar-refractivity contribution in [3.05, 3.63) is 73.1 Å². The molecule has 0 fully saturated rings. The van der Waals surface area contributed by atoms with Crippen molar-refractivity contribution >= 4 is 11.6 Å². The molecule has 0 aliphatic carbocycles. The van der Waals surface area contributed by atoms with E-state index in [0.717, 1.165) is 11.1 Å². The summed E-state index contributed by atoms with van der Waals surface area (Å²) in [6.45, 7) is 0. The molecule has 1 aromatic carbocycles. The Morgan fingerprint density at radius 1 is 0.650 bits per heavy atom. The van der Waals surface area contributed by atoms with Crippen molar-refractivity contribution in [2.24, 2.45) is 10.2 Å². The SMILES string of the molecule is c1ccc(-c2cccnc2N=Nc2ccccn2)cc1. The number of nitrogens with zero attached hydrogens (tertiary/aromatic N) is 4. The van der Waals surface area contributed by atoms with E-state index in [9.17, 15) is 0 Å². The van der Waals surface area contributed by atoms with Gasteiger partial charge in [0.2, 0.25) is 0 Å². The third-order valence-corrected chi connectivity index (χ3v) is 2.77. The Hall–Kier alpha value is -2.88. The minimum absolute atomic E-state index is 0.567. The van der Waals surface area contributed by atoms with E-state index < -0.39 is 0 Å². The van der Waals surface area contributed by atoms with Gasteiger partial charge in [0.1, 0.15) is 0 Å². The molecule has 96 valence electrons. The smallest absolute Gasteiger partial charge is 0.182 e. The molecule has 0 amide bonds. The lowest BCUT2D eigenvalue weighted by Crippen LogP contribution is -1.81. The van der Waals surface area contributed by atoms with Crippen LogP contribution in [0, 0.1) is 0 Å². The standard InChI is InChI=1S/C16H12N4/c1-2-7-13(8-3-1)14-9-6-12-18-16(14)20-19-15-10-4-5-11-17-15/h1-12H. The molecule has 20 heavy (non-hydrogen) atoms. The molecule has 0 atom stereocenters. The number of hydrogen-bond acceptors (Lipinski definition) is 4. The van der Waals surface area contributed by atoms with Gasteiger partial charge in [0, 0.05) is 18.0 Å². The van der Waals surface area contributed by atoms with Crippen molar-refractivity contribution < 1.29 is 0 Å². The van der Waals surface area contributed by atoms with Crippen molar-refractivity contribution in [1.82, 2.24) is 9.97 Å². The number of aromatic nitrogens is 2. The minimum Gasteiger partial charge on any atom is -0.236 e. The molecule has 0 aliphatic rings. The lowest BCUT2D eigenvalue weighted by atomic mass is 10.1. The van der Waals surface area contributed by atoms with Crippen LogP contribution in [0.5, 0.6) is 0 Å². The maximum absolute atomic E-state index is 4.28. The van der Waals surface area contributed by atoms with Gasteiger partial charge < -0.3 is 0 Å². The van der Waals surface area contributed by atoms with Crippen molar-refractivity contribution in [3.63, 3.8) is 0 Å². The van der Waals surface area contributed by atoms with E-state index in [1.54, 1.807) is 18.5 Å². The maximum atomic E-state index is 4.28. The molecule has 3 aromatic rings. The molecular weight excluding hydrogens is 248 g/mol. The van der Waals surface area contributed by atoms with Crippen LogP contribution in [0.25, 0.3) is 11.1 Å². The van der Waals surface area contributed by atoms with Gasteiger partial charge in [-0.05, 0) is 29.8 Å². The van der Waals surface area contributed by atoms with Crippen LogP contribution in [0.1, 0.15) is 0 Å². The number of azo groups is 1. The Morgan fingerprint density at radius 2 is 1.45 bits per heavy atom. The fourth-order valence-electron chi connectivity index (χ4n) is 1.83. The summed E-state index contributed by atoms with van der Waals surface area (Å²) in [6, 6.07) is 19.4. The monoisotopic (exact) mass is 260 g/mol. The number of benzene rings is 1. The highest BCUT2D eigenvalue weighted by molar-refractivity contribution is 5.72. The Labute approximate surface area is 116 Å². The molecule has 0 saturated carbocycles. The van der Waals surface area contributed by atoms with Gasteiger partial charge in [-0.1, -0.05) is 36.4 Å². The molecule has 0 spiro atoms. The summed E-state index contributed by atoms with van der Waals surface area (Å²) in [5.41, 5.74) is 2.02. The van der Waals surface area contributed by atoms with E-state index in [2.05, 4.69) is 20.2 Å². The second kappa shape index (κ2) is 5.84. The highest BCUT2D eigenvalue weighted by atomic mass is 15.2. The first-order valence-corrected chi connectivity index (χ1v) is 6.27. The highest BCUT2D eigenvalue weighted by Gasteiger charge is 2.04. The predicted octanol–water partition coefficient (Wildman–Crippen LogP) is 4.56. The molecule has 0 bridgehead atoms. The third-order valence-electron chi connectivity index (χ3n) is 2.77. The number of pyridine rings is 2. The average Bonchev–Trinajstić information content (AvgIpc) is 2.55. The molecule has 4 nitrogen and oxygen atoms in total. The largest absolute Gasteiger partial charge is 0.236 e. The van der Waals surface area contributed by atoms with Gasteiger partial charge in [-0.3, -0.25) is 0 Å². The van der Waals surface area contributed by atoms with E-state index in [0.29, 0.717) is 11.6 Å². The predicted molar refractivity (Wildman–Crippen MR) is 78.1 cm³/mol. The molecule has 3 rings (SSSR count). The van der Waals surface area contributed by atoms with E-state index in [1.807, 2.05) is 54.6 Å². The van der Waals surface area contributed by atoms with E-state index in [1.165, 1.54) is 0 Å². The van der Waals surface area contributed by atoms with Crippen LogP contribution < -0.4 is 0 Å². The molecule has 0 aliphatic heterocycles. The quantitative estimate of drug-likeness (QED) is 0.648. The van der Waals surface area contributed by atoms with Crippen LogP contribution in [0.15, 0.2) is 83.3 Å². The molecule has 0 saturated heterocycles. The summed E-state index contributed by atoms with van der Waals surface area (Å²) in [5.74, 6) is 1.15. The van der Waals surface area contributed by atoms with E-state index >= 15 is 0 Å². The van der Waals surface area contributed by atoms with Crippen LogP contribution in [0.3, 0.4) is 0 Å². The van der Waals surface area contributed by atoms with Crippen molar-refractivity contribution in [2.45, 2.75) is 0 Å². The van der Waals surface area contributed by atoms with Crippen molar-refractivity contribution in [2.75, 3.05) is 0 Å². The normalized spacial score (nSPS) is 10.8. The zero-order valence-electron chi connectivity index (χ0n) is 10.7. The Bertz CT molecular complexity index is 709. The van der Waals surface area contributed by atoms with Crippen LogP contribution in [0.2, 0.25) is 0 Å². The summed E-state index contributed by atoms with van der Waals surface area (Å²) in [6.07, 6.45) is 3.39. The Morgan fingerprint density at radius 3 is 2.25 bits per heavy atom. The maximum Gasteiger partial charge on any atom is 0.182 e. The van der Waals surface area contributed by atoms with Gasteiger partial charge >= 0.3 is 0 Å². The first kappa shape index (κ1) is 12.2. The number of rotatable bonds is 3. The third kappa shape index (κ3) is 2.75. The molecule has 0 unspecified atom stereocenters. The van der Waals surface area contributed by atoms with Gasteiger partial charge in [-0.25, -0.2) is 9.97 Å². The fraction of sp³-hybridized carbons (Fsp3) is 0. The average molecular weight is 260 g/mol. The van der Waals surface area contributed by atoms with Gasteiger partial charge in [0.05, 0.1) is 0 Å². The molecular formula is C16H12N4. The van der Waals surface area contributed by atoms with Crippen LogP contribution in [-0.4, -0.2) is 9.97 Å². The molecule has 0 N–H and O–H groups in total. The first-order chi connectivity index (χ1) is 9.93. The van der Waals surface area contributed by atoms with Crippen LogP contribution in [0.4, 0.5) is 11.6 Å².